The lowest BCUT2D eigenvalue weighted by Crippen LogP contribution is -2.44. The van der Waals surface area contributed by atoms with Crippen LogP contribution in [0.3, 0.4) is 0 Å². The van der Waals surface area contributed by atoms with Crippen LogP contribution in [0.2, 0.25) is 0 Å². The van der Waals surface area contributed by atoms with E-state index in [2.05, 4.69) is 48.7 Å². The van der Waals surface area contributed by atoms with Crippen molar-refractivity contribution in [3.8, 4) is 0 Å². The molecule has 1 spiro atoms. The number of carbonyl (C=O) groups excluding carboxylic acids is 3. The van der Waals surface area contributed by atoms with Crippen LogP contribution < -0.4 is 10.6 Å². The molecular formula is C29H35N3O3. The summed E-state index contributed by atoms with van der Waals surface area (Å²) in [5.74, 6) is 0.140. The molecule has 184 valence electrons. The minimum Gasteiger partial charge on any atom is -0.347 e. The number of nitrogens with zero attached hydrogens (tertiary/aromatic N) is 1. The number of aryl methyl sites for hydroxylation is 1. The molecule has 0 radical (unpaired) electrons. The van der Waals surface area contributed by atoms with Gasteiger partial charge in [-0.2, -0.15) is 0 Å². The maximum absolute atomic E-state index is 13.4. The van der Waals surface area contributed by atoms with Gasteiger partial charge in [0.25, 0.3) is 5.91 Å². The molecule has 1 aliphatic heterocycles. The summed E-state index contributed by atoms with van der Waals surface area (Å²) in [5, 5.41) is 5.98. The topological polar surface area (TPSA) is 78.5 Å². The van der Waals surface area contributed by atoms with Crippen LogP contribution in [0, 0.1) is 5.92 Å². The molecule has 6 nitrogen and oxygen atoms in total. The highest BCUT2D eigenvalue weighted by molar-refractivity contribution is 6.09. The second-order valence-electron chi connectivity index (χ2n) is 10.7. The normalized spacial score (nSPS) is 23.0. The summed E-state index contributed by atoms with van der Waals surface area (Å²) in [6, 6.07) is 15.7. The highest BCUT2D eigenvalue weighted by Crippen LogP contribution is 2.41. The number of hydrogen-bond donors (Lipinski definition) is 2. The zero-order chi connectivity index (χ0) is 24.6. The first-order chi connectivity index (χ1) is 16.9. The maximum Gasteiger partial charge on any atom is 0.325 e. The second-order valence-corrected chi connectivity index (χ2v) is 10.7. The minimum atomic E-state index is -1.04. The van der Waals surface area contributed by atoms with Gasteiger partial charge in [-0.3, -0.25) is 14.5 Å². The summed E-state index contributed by atoms with van der Waals surface area (Å²) in [5.41, 5.74) is 3.30. The van der Waals surface area contributed by atoms with E-state index < -0.39 is 11.6 Å². The van der Waals surface area contributed by atoms with Gasteiger partial charge in [-0.15, -0.1) is 0 Å². The molecule has 1 saturated heterocycles. The summed E-state index contributed by atoms with van der Waals surface area (Å²) in [7, 11) is 0. The van der Waals surface area contributed by atoms with Gasteiger partial charge in [0, 0.05) is 0 Å². The lowest BCUT2D eigenvalue weighted by molar-refractivity contribution is -0.135. The third-order valence-corrected chi connectivity index (χ3v) is 8.08. The van der Waals surface area contributed by atoms with Gasteiger partial charge in [-0.05, 0) is 59.8 Å². The van der Waals surface area contributed by atoms with Gasteiger partial charge in [0.05, 0.1) is 6.04 Å². The lowest BCUT2D eigenvalue weighted by Gasteiger charge is -2.26. The molecule has 2 aliphatic carbocycles. The second kappa shape index (κ2) is 9.48. The number of amides is 4. The maximum atomic E-state index is 13.4. The average Bonchev–Trinajstić information content (AvgIpc) is 3.36. The summed E-state index contributed by atoms with van der Waals surface area (Å²) in [6.45, 7) is 3.86. The van der Waals surface area contributed by atoms with Crippen molar-refractivity contribution in [3.05, 3.63) is 70.8 Å². The van der Waals surface area contributed by atoms with Gasteiger partial charge in [0.2, 0.25) is 5.91 Å². The third kappa shape index (κ3) is 4.35. The van der Waals surface area contributed by atoms with Crippen LogP contribution in [0.15, 0.2) is 48.5 Å². The van der Waals surface area contributed by atoms with Crippen molar-refractivity contribution in [2.75, 3.05) is 6.54 Å². The van der Waals surface area contributed by atoms with Crippen molar-refractivity contribution < 1.29 is 14.4 Å². The molecule has 35 heavy (non-hydrogen) atoms. The van der Waals surface area contributed by atoms with Crippen LogP contribution in [0.25, 0.3) is 0 Å². The standard InChI is InChI=1S/C29H35N3O3/c1-19(2)26(23-14-12-21(13-15-23)20-8-4-3-5-9-20)30-25(33)18-32-27(34)29(31-28(32)35)17-16-22-10-6-7-11-24(22)29/h6-7,10-15,19-20,26H,3-5,8-9,16-18H2,1-2H3,(H,30,33)(H,31,35). The number of fused-ring (bicyclic) bond motifs is 2. The van der Waals surface area contributed by atoms with Crippen molar-refractivity contribution in [2.45, 2.75) is 76.3 Å². The molecular weight excluding hydrogens is 438 g/mol. The number of carbonyl (C=O) groups is 3. The fourth-order valence-corrected chi connectivity index (χ4v) is 6.14. The van der Waals surface area contributed by atoms with Crippen molar-refractivity contribution >= 4 is 17.8 Å². The lowest BCUT2D eigenvalue weighted by atomic mass is 9.83. The first-order valence-corrected chi connectivity index (χ1v) is 13.0. The van der Waals surface area contributed by atoms with Gasteiger partial charge >= 0.3 is 6.03 Å². The molecule has 2 aromatic carbocycles. The summed E-state index contributed by atoms with van der Waals surface area (Å²) in [4.78, 5) is 40.3. The Morgan fingerprint density at radius 3 is 2.49 bits per heavy atom. The van der Waals surface area contributed by atoms with E-state index in [0.717, 1.165) is 28.0 Å². The van der Waals surface area contributed by atoms with Crippen LogP contribution in [0.4, 0.5) is 4.79 Å². The zero-order valence-electron chi connectivity index (χ0n) is 20.7. The first kappa shape index (κ1) is 23.6. The van der Waals surface area contributed by atoms with Crippen LogP contribution in [-0.4, -0.2) is 29.3 Å². The molecule has 5 rings (SSSR count). The molecule has 2 atom stereocenters. The molecule has 6 heteroatoms. The zero-order valence-corrected chi connectivity index (χ0v) is 20.7. The molecule has 2 N–H and O–H groups in total. The molecule has 1 saturated carbocycles. The molecule has 2 aromatic rings. The van der Waals surface area contributed by atoms with E-state index in [1.54, 1.807) is 0 Å². The van der Waals surface area contributed by atoms with E-state index in [-0.39, 0.29) is 30.3 Å². The fraction of sp³-hybridized carbons (Fsp3) is 0.483. The summed E-state index contributed by atoms with van der Waals surface area (Å²) in [6.07, 6.45) is 7.69. The minimum absolute atomic E-state index is 0.163. The smallest absolute Gasteiger partial charge is 0.325 e. The Hall–Kier alpha value is -3.15. The molecule has 0 bridgehead atoms. The highest BCUT2D eigenvalue weighted by atomic mass is 16.2. The third-order valence-electron chi connectivity index (χ3n) is 8.08. The van der Waals surface area contributed by atoms with Gasteiger partial charge in [0.15, 0.2) is 0 Å². The van der Waals surface area contributed by atoms with Crippen LogP contribution >= 0.6 is 0 Å². The molecule has 2 unspecified atom stereocenters. The monoisotopic (exact) mass is 473 g/mol. The Morgan fingerprint density at radius 1 is 1.06 bits per heavy atom. The van der Waals surface area contributed by atoms with E-state index in [4.69, 9.17) is 0 Å². The average molecular weight is 474 g/mol. The Kier molecular flexibility index (Phi) is 6.39. The van der Waals surface area contributed by atoms with E-state index in [0.29, 0.717) is 12.3 Å². The molecule has 1 heterocycles. The number of rotatable bonds is 6. The van der Waals surface area contributed by atoms with Crippen LogP contribution in [-0.2, 0) is 21.5 Å². The summed E-state index contributed by atoms with van der Waals surface area (Å²) < 4.78 is 0. The van der Waals surface area contributed by atoms with Crippen molar-refractivity contribution in [2.24, 2.45) is 5.92 Å². The van der Waals surface area contributed by atoms with E-state index in [9.17, 15) is 14.4 Å². The predicted molar refractivity (Wildman–Crippen MR) is 135 cm³/mol. The Morgan fingerprint density at radius 2 is 1.77 bits per heavy atom. The van der Waals surface area contributed by atoms with E-state index in [1.807, 2.05) is 24.3 Å². The summed E-state index contributed by atoms with van der Waals surface area (Å²) >= 11 is 0. The van der Waals surface area contributed by atoms with Gasteiger partial charge in [0.1, 0.15) is 12.1 Å². The number of benzene rings is 2. The number of urea groups is 1. The van der Waals surface area contributed by atoms with Crippen molar-refractivity contribution in [1.82, 2.24) is 15.5 Å². The van der Waals surface area contributed by atoms with Gasteiger partial charge in [-0.25, -0.2) is 4.79 Å². The highest BCUT2D eigenvalue weighted by Gasteiger charge is 2.55. The number of hydrogen-bond acceptors (Lipinski definition) is 3. The Balaban J connectivity index is 1.27. The van der Waals surface area contributed by atoms with E-state index >= 15 is 0 Å². The first-order valence-electron chi connectivity index (χ1n) is 13.0. The van der Waals surface area contributed by atoms with Crippen molar-refractivity contribution in [3.63, 3.8) is 0 Å². The molecule has 3 aliphatic rings. The van der Waals surface area contributed by atoms with Gasteiger partial charge < -0.3 is 10.6 Å². The Labute approximate surface area is 207 Å². The van der Waals surface area contributed by atoms with Crippen molar-refractivity contribution in [1.29, 1.82) is 0 Å². The number of imide groups is 1. The van der Waals surface area contributed by atoms with Crippen LogP contribution in [0.1, 0.15) is 86.6 Å². The fourth-order valence-electron chi connectivity index (χ4n) is 6.14. The molecule has 4 amide bonds. The molecule has 0 aromatic heterocycles. The quantitative estimate of drug-likeness (QED) is 0.583. The van der Waals surface area contributed by atoms with Crippen LogP contribution in [0.5, 0.6) is 0 Å². The largest absolute Gasteiger partial charge is 0.347 e. The van der Waals surface area contributed by atoms with Gasteiger partial charge in [-0.1, -0.05) is 81.6 Å². The van der Waals surface area contributed by atoms with E-state index in [1.165, 1.54) is 37.7 Å². The molecule has 2 fully saturated rings. The SMILES string of the molecule is CC(C)C(NC(=O)CN1C(=O)NC2(CCc3ccccc32)C1=O)c1ccc(C2CCCCC2)cc1. The predicted octanol–water partition coefficient (Wildman–Crippen LogP) is 4.94. The Bertz CT molecular complexity index is 1120. The number of nitrogens with one attached hydrogen (secondary N) is 2.